The van der Waals surface area contributed by atoms with E-state index in [0.29, 0.717) is 6.54 Å². The van der Waals surface area contributed by atoms with Crippen LogP contribution in [0.2, 0.25) is 0 Å². The van der Waals surface area contributed by atoms with Gasteiger partial charge in [-0.2, -0.15) is 0 Å². The van der Waals surface area contributed by atoms with Gasteiger partial charge in [0.25, 0.3) is 0 Å². The zero-order valence-corrected chi connectivity index (χ0v) is 11.6. The summed E-state index contributed by atoms with van der Waals surface area (Å²) in [5.74, 6) is -0.222. The second kappa shape index (κ2) is 4.91. The highest BCUT2D eigenvalue weighted by Gasteiger charge is 2.30. The van der Waals surface area contributed by atoms with Crippen LogP contribution in [0, 0.1) is 5.41 Å². The Hall–Kier alpha value is -2.04. The van der Waals surface area contributed by atoms with E-state index in [-0.39, 0.29) is 5.97 Å². The summed E-state index contributed by atoms with van der Waals surface area (Å²) in [4.78, 5) is 17.8. The maximum absolute atomic E-state index is 11.7. The monoisotopic (exact) mass is 262 g/mol. The average Bonchev–Trinajstić information content (AvgIpc) is 2.84. The van der Waals surface area contributed by atoms with Gasteiger partial charge in [-0.3, -0.25) is 4.79 Å². The number of anilines is 1. The predicted molar refractivity (Wildman–Crippen MR) is 73.1 cm³/mol. The molecular formula is C14H18N2O3. The first-order chi connectivity index (χ1) is 8.94. The molecule has 0 atom stereocenters. The number of nitrogens with zero attached hydrogens (tertiary/aromatic N) is 2. The molecule has 0 N–H and O–H groups in total. The lowest BCUT2D eigenvalue weighted by Gasteiger charge is -2.29. The average molecular weight is 262 g/mol. The molecule has 1 heterocycles. The van der Waals surface area contributed by atoms with Crippen molar-refractivity contribution in [2.75, 3.05) is 25.6 Å². The van der Waals surface area contributed by atoms with Gasteiger partial charge >= 0.3 is 5.97 Å². The summed E-state index contributed by atoms with van der Waals surface area (Å²) >= 11 is 0. The highest BCUT2D eigenvalue weighted by molar-refractivity contribution is 5.79. The largest absolute Gasteiger partial charge is 0.469 e. The Morgan fingerprint density at radius 1 is 1.47 bits per heavy atom. The molecule has 5 heteroatoms. The normalized spacial score (nSPS) is 11.6. The van der Waals surface area contributed by atoms with Crippen molar-refractivity contribution in [3.05, 3.63) is 24.6 Å². The van der Waals surface area contributed by atoms with Gasteiger partial charge in [-0.05, 0) is 26.0 Å². The molecule has 0 unspecified atom stereocenters. The van der Waals surface area contributed by atoms with E-state index < -0.39 is 5.41 Å². The summed E-state index contributed by atoms with van der Waals surface area (Å²) in [5.41, 5.74) is 1.96. The Morgan fingerprint density at radius 2 is 2.21 bits per heavy atom. The number of esters is 1. The van der Waals surface area contributed by atoms with Crippen LogP contribution in [0.3, 0.4) is 0 Å². The molecule has 0 radical (unpaired) electrons. The first kappa shape index (κ1) is 13.4. The molecule has 0 aliphatic heterocycles. The molecule has 102 valence electrons. The molecule has 0 saturated carbocycles. The number of carbonyl (C=O) groups is 1. The van der Waals surface area contributed by atoms with Crippen LogP contribution in [0.4, 0.5) is 5.69 Å². The minimum Gasteiger partial charge on any atom is -0.469 e. The molecular weight excluding hydrogens is 244 g/mol. The third-order valence-electron chi connectivity index (χ3n) is 3.13. The second-order valence-corrected chi connectivity index (χ2v) is 5.24. The first-order valence-electron chi connectivity index (χ1n) is 6.07. The number of methoxy groups -OCH3 is 1. The smallest absolute Gasteiger partial charge is 0.313 e. The summed E-state index contributed by atoms with van der Waals surface area (Å²) in [6, 6.07) is 5.77. The third kappa shape index (κ3) is 2.70. The van der Waals surface area contributed by atoms with Crippen LogP contribution in [0.5, 0.6) is 0 Å². The number of rotatable bonds is 4. The van der Waals surface area contributed by atoms with Crippen LogP contribution < -0.4 is 4.90 Å². The van der Waals surface area contributed by atoms with Gasteiger partial charge in [0.15, 0.2) is 12.0 Å². The summed E-state index contributed by atoms with van der Waals surface area (Å²) in [6.07, 6.45) is 1.42. The number of oxazole rings is 1. The zero-order valence-electron chi connectivity index (χ0n) is 11.6. The Labute approximate surface area is 112 Å². The molecule has 0 saturated heterocycles. The highest BCUT2D eigenvalue weighted by Crippen LogP contribution is 2.25. The zero-order chi connectivity index (χ0) is 14.0. The number of carbonyl (C=O) groups excluding carboxylic acids is 1. The van der Waals surface area contributed by atoms with Crippen LogP contribution in [-0.2, 0) is 9.53 Å². The van der Waals surface area contributed by atoms with Crippen LogP contribution in [-0.4, -0.2) is 31.7 Å². The topological polar surface area (TPSA) is 55.6 Å². The fourth-order valence-electron chi connectivity index (χ4n) is 2.11. The summed E-state index contributed by atoms with van der Waals surface area (Å²) < 4.78 is 10.1. The number of benzene rings is 1. The minimum atomic E-state index is -0.570. The van der Waals surface area contributed by atoms with Crippen molar-refractivity contribution >= 4 is 22.8 Å². The van der Waals surface area contributed by atoms with Crippen molar-refractivity contribution in [1.82, 2.24) is 4.98 Å². The predicted octanol–water partition coefficient (Wildman–Crippen LogP) is 2.46. The Balaban J connectivity index is 2.19. The lowest BCUT2D eigenvalue weighted by Crippen LogP contribution is -2.38. The van der Waals surface area contributed by atoms with Crippen molar-refractivity contribution in [1.29, 1.82) is 0 Å². The lowest BCUT2D eigenvalue weighted by atomic mass is 9.93. The molecule has 5 nitrogen and oxygen atoms in total. The molecule has 0 amide bonds. The van der Waals surface area contributed by atoms with Crippen molar-refractivity contribution in [2.24, 2.45) is 5.41 Å². The van der Waals surface area contributed by atoms with Crippen molar-refractivity contribution in [3.63, 3.8) is 0 Å². The highest BCUT2D eigenvalue weighted by atomic mass is 16.5. The SMILES string of the molecule is COC(=O)C(C)(C)CN(C)c1ccc2ncoc2c1. The number of ether oxygens (including phenoxy) is 1. The number of fused-ring (bicyclic) bond motifs is 1. The van der Waals surface area contributed by atoms with Crippen molar-refractivity contribution < 1.29 is 13.9 Å². The molecule has 1 aromatic heterocycles. The van der Waals surface area contributed by atoms with Gasteiger partial charge in [-0.25, -0.2) is 4.98 Å². The van der Waals surface area contributed by atoms with Crippen molar-refractivity contribution in [2.45, 2.75) is 13.8 Å². The van der Waals surface area contributed by atoms with Gasteiger partial charge in [0.05, 0.1) is 12.5 Å². The minimum absolute atomic E-state index is 0.222. The van der Waals surface area contributed by atoms with Gasteiger partial charge in [0, 0.05) is 25.3 Å². The van der Waals surface area contributed by atoms with Gasteiger partial charge in [0.2, 0.25) is 0 Å². The maximum atomic E-state index is 11.7. The first-order valence-corrected chi connectivity index (χ1v) is 6.07. The standard InChI is InChI=1S/C14H18N2O3/c1-14(2,13(17)18-4)8-16(3)10-5-6-11-12(7-10)19-9-15-11/h5-7,9H,8H2,1-4H3. The summed E-state index contributed by atoms with van der Waals surface area (Å²) in [6.45, 7) is 4.28. The molecule has 0 fully saturated rings. The Bertz CT molecular complexity index is 589. The van der Waals surface area contributed by atoms with Crippen LogP contribution in [0.25, 0.3) is 11.1 Å². The quantitative estimate of drug-likeness (QED) is 0.792. The summed E-state index contributed by atoms with van der Waals surface area (Å²) in [7, 11) is 3.34. The van der Waals surface area contributed by atoms with E-state index in [2.05, 4.69) is 4.98 Å². The molecule has 0 bridgehead atoms. The molecule has 0 spiro atoms. The van der Waals surface area contributed by atoms with Crippen LogP contribution >= 0.6 is 0 Å². The van der Waals surface area contributed by atoms with E-state index >= 15 is 0 Å². The van der Waals surface area contributed by atoms with Crippen molar-refractivity contribution in [3.8, 4) is 0 Å². The molecule has 1 aromatic carbocycles. The molecule has 0 aliphatic rings. The molecule has 0 aliphatic carbocycles. The van der Waals surface area contributed by atoms with Gasteiger partial charge in [-0.15, -0.1) is 0 Å². The molecule has 2 aromatic rings. The third-order valence-corrected chi connectivity index (χ3v) is 3.13. The summed E-state index contributed by atoms with van der Waals surface area (Å²) in [5, 5.41) is 0. The van der Waals surface area contributed by atoms with E-state index in [1.165, 1.54) is 13.5 Å². The van der Waals surface area contributed by atoms with E-state index in [1.807, 2.05) is 44.0 Å². The van der Waals surface area contributed by atoms with Gasteiger partial charge < -0.3 is 14.1 Å². The van der Waals surface area contributed by atoms with Crippen LogP contribution in [0.1, 0.15) is 13.8 Å². The van der Waals surface area contributed by atoms with E-state index in [0.717, 1.165) is 16.8 Å². The Morgan fingerprint density at radius 3 is 2.89 bits per heavy atom. The fraction of sp³-hybridized carbons (Fsp3) is 0.429. The lowest BCUT2D eigenvalue weighted by molar-refractivity contribution is -0.150. The second-order valence-electron chi connectivity index (χ2n) is 5.24. The van der Waals surface area contributed by atoms with E-state index in [9.17, 15) is 4.79 Å². The van der Waals surface area contributed by atoms with Crippen LogP contribution in [0.15, 0.2) is 29.0 Å². The Kier molecular flexibility index (Phi) is 3.46. The van der Waals surface area contributed by atoms with Gasteiger partial charge in [-0.1, -0.05) is 0 Å². The maximum Gasteiger partial charge on any atom is 0.313 e. The van der Waals surface area contributed by atoms with E-state index in [1.54, 1.807) is 0 Å². The number of aromatic nitrogens is 1. The number of hydrogen-bond acceptors (Lipinski definition) is 5. The fourth-order valence-corrected chi connectivity index (χ4v) is 2.11. The number of hydrogen-bond donors (Lipinski definition) is 0. The molecule has 19 heavy (non-hydrogen) atoms. The van der Waals surface area contributed by atoms with Gasteiger partial charge in [0.1, 0.15) is 5.52 Å². The molecule has 2 rings (SSSR count). The van der Waals surface area contributed by atoms with E-state index in [4.69, 9.17) is 9.15 Å².